The van der Waals surface area contributed by atoms with Crippen molar-refractivity contribution >= 4 is 17.7 Å². The summed E-state index contributed by atoms with van der Waals surface area (Å²) in [5.41, 5.74) is 4.02. The fourth-order valence-corrected chi connectivity index (χ4v) is 3.77. The third kappa shape index (κ3) is 3.97. The van der Waals surface area contributed by atoms with Crippen molar-refractivity contribution in [2.75, 3.05) is 6.54 Å². The summed E-state index contributed by atoms with van der Waals surface area (Å²) >= 11 is 6.14. The van der Waals surface area contributed by atoms with E-state index in [4.69, 9.17) is 16.3 Å². The Bertz CT molecular complexity index is 990. The molecule has 1 N–H and O–H groups in total. The smallest absolute Gasteiger partial charge is 0.407 e. The molecule has 0 radical (unpaired) electrons. The number of hydrogen-bond donors (Lipinski definition) is 1. The molecular formula is C23H20ClNO3. The number of rotatable bonds is 5. The standard InChI is InChI=1S/C23H20ClNO3/c24-19-10-4-8-17(12-19)21-11-5-9-18-13-20(28-22(18)21)15-25(23(26)27)14-16-6-2-1-3-7-16/h1-12,20H,13-15H2,(H,26,27). The first-order valence-corrected chi connectivity index (χ1v) is 9.54. The maximum Gasteiger partial charge on any atom is 0.407 e. The van der Waals surface area contributed by atoms with E-state index in [-0.39, 0.29) is 6.10 Å². The van der Waals surface area contributed by atoms with Gasteiger partial charge in [-0.3, -0.25) is 0 Å². The highest BCUT2D eigenvalue weighted by Crippen LogP contribution is 2.39. The van der Waals surface area contributed by atoms with Gasteiger partial charge in [-0.2, -0.15) is 0 Å². The molecule has 4 rings (SSSR count). The van der Waals surface area contributed by atoms with Crippen LogP contribution in [-0.2, 0) is 13.0 Å². The van der Waals surface area contributed by atoms with Gasteiger partial charge in [-0.15, -0.1) is 0 Å². The van der Waals surface area contributed by atoms with E-state index in [1.54, 1.807) is 0 Å². The maximum atomic E-state index is 11.7. The number of fused-ring (bicyclic) bond motifs is 1. The number of amides is 1. The third-order valence-corrected chi connectivity index (χ3v) is 5.11. The van der Waals surface area contributed by atoms with Gasteiger partial charge in [0.25, 0.3) is 0 Å². The molecule has 0 saturated carbocycles. The summed E-state index contributed by atoms with van der Waals surface area (Å²) in [6.07, 6.45) is -0.476. The SMILES string of the molecule is O=C(O)N(Cc1ccccc1)CC1Cc2cccc(-c3cccc(Cl)c3)c2O1. The molecule has 0 bridgehead atoms. The van der Waals surface area contributed by atoms with Crippen molar-refractivity contribution in [3.05, 3.63) is 88.9 Å². The number of halogens is 1. The van der Waals surface area contributed by atoms with Crippen LogP contribution in [0.15, 0.2) is 72.8 Å². The van der Waals surface area contributed by atoms with E-state index in [1.165, 1.54) is 4.90 Å². The third-order valence-electron chi connectivity index (χ3n) is 4.88. The van der Waals surface area contributed by atoms with Crippen molar-refractivity contribution < 1.29 is 14.6 Å². The number of nitrogens with zero attached hydrogens (tertiary/aromatic N) is 1. The molecule has 3 aromatic carbocycles. The quantitative estimate of drug-likeness (QED) is 0.623. The topological polar surface area (TPSA) is 49.8 Å². The second-order valence-electron chi connectivity index (χ2n) is 6.90. The van der Waals surface area contributed by atoms with Gasteiger partial charge >= 0.3 is 6.09 Å². The van der Waals surface area contributed by atoms with E-state index in [0.29, 0.717) is 24.5 Å². The highest BCUT2D eigenvalue weighted by Gasteiger charge is 2.29. The Labute approximate surface area is 168 Å². The molecule has 0 aliphatic carbocycles. The van der Waals surface area contributed by atoms with Crippen LogP contribution in [0.4, 0.5) is 4.79 Å². The van der Waals surface area contributed by atoms with Gasteiger partial charge in [-0.05, 0) is 28.8 Å². The number of hydrogen-bond acceptors (Lipinski definition) is 2. The number of ether oxygens (including phenoxy) is 1. The van der Waals surface area contributed by atoms with Crippen LogP contribution < -0.4 is 4.74 Å². The van der Waals surface area contributed by atoms with Gasteiger partial charge in [0.1, 0.15) is 11.9 Å². The number of benzene rings is 3. The van der Waals surface area contributed by atoms with E-state index >= 15 is 0 Å². The summed E-state index contributed by atoms with van der Waals surface area (Å²) in [6, 6.07) is 23.3. The van der Waals surface area contributed by atoms with Crippen molar-refractivity contribution in [3.8, 4) is 16.9 Å². The zero-order valence-electron chi connectivity index (χ0n) is 15.2. The summed E-state index contributed by atoms with van der Waals surface area (Å²) in [5.74, 6) is 0.819. The monoisotopic (exact) mass is 393 g/mol. The van der Waals surface area contributed by atoms with Crippen LogP contribution in [0.5, 0.6) is 5.75 Å². The van der Waals surface area contributed by atoms with Gasteiger partial charge in [-0.25, -0.2) is 4.79 Å². The molecule has 1 unspecified atom stereocenters. The van der Waals surface area contributed by atoms with Crippen LogP contribution in [0.2, 0.25) is 5.02 Å². The molecule has 3 aromatic rings. The summed E-state index contributed by atoms with van der Waals surface area (Å²) < 4.78 is 6.20. The maximum absolute atomic E-state index is 11.7. The van der Waals surface area contributed by atoms with Crippen molar-refractivity contribution in [2.24, 2.45) is 0 Å². The zero-order valence-corrected chi connectivity index (χ0v) is 16.0. The second-order valence-corrected chi connectivity index (χ2v) is 7.33. The summed E-state index contributed by atoms with van der Waals surface area (Å²) in [6.45, 7) is 0.654. The lowest BCUT2D eigenvalue weighted by Gasteiger charge is -2.23. The molecule has 0 fully saturated rings. The first kappa shape index (κ1) is 18.4. The normalized spacial score (nSPS) is 15.0. The molecule has 142 valence electrons. The van der Waals surface area contributed by atoms with Crippen LogP contribution in [-0.4, -0.2) is 28.7 Å². The molecule has 5 heteroatoms. The highest BCUT2D eigenvalue weighted by atomic mass is 35.5. The van der Waals surface area contributed by atoms with Crippen molar-refractivity contribution in [2.45, 2.75) is 19.1 Å². The minimum Gasteiger partial charge on any atom is -0.487 e. The lowest BCUT2D eigenvalue weighted by Crippen LogP contribution is -2.37. The van der Waals surface area contributed by atoms with Gasteiger partial charge < -0.3 is 14.7 Å². The van der Waals surface area contributed by atoms with Crippen molar-refractivity contribution in [3.63, 3.8) is 0 Å². The lowest BCUT2D eigenvalue weighted by atomic mass is 10.0. The van der Waals surface area contributed by atoms with Crippen LogP contribution in [0, 0.1) is 0 Å². The number of carboxylic acid groups (broad SMARTS) is 1. The summed E-state index contributed by atoms with van der Waals surface area (Å²) in [4.78, 5) is 13.2. The van der Waals surface area contributed by atoms with E-state index in [0.717, 1.165) is 28.0 Å². The largest absolute Gasteiger partial charge is 0.487 e. The Morgan fingerprint density at radius 2 is 1.86 bits per heavy atom. The predicted molar refractivity (Wildman–Crippen MR) is 110 cm³/mol. The second kappa shape index (κ2) is 7.95. The minimum absolute atomic E-state index is 0.213. The van der Waals surface area contributed by atoms with E-state index in [1.807, 2.05) is 72.8 Å². The Balaban J connectivity index is 1.53. The van der Waals surface area contributed by atoms with Crippen LogP contribution >= 0.6 is 11.6 Å². The fraction of sp³-hybridized carbons (Fsp3) is 0.174. The van der Waals surface area contributed by atoms with Gasteiger partial charge in [0, 0.05) is 23.6 Å². The highest BCUT2D eigenvalue weighted by molar-refractivity contribution is 6.30. The zero-order chi connectivity index (χ0) is 19.5. The van der Waals surface area contributed by atoms with Gasteiger partial charge in [-0.1, -0.05) is 72.3 Å². The first-order valence-electron chi connectivity index (χ1n) is 9.16. The van der Waals surface area contributed by atoms with E-state index < -0.39 is 6.09 Å². The van der Waals surface area contributed by atoms with E-state index in [2.05, 4.69) is 0 Å². The molecule has 0 saturated heterocycles. The molecule has 1 aliphatic rings. The average Bonchev–Trinajstić information content (AvgIpc) is 3.11. The van der Waals surface area contributed by atoms with Crippen LogP contribution in [0.25, 0.3) is 11.1 Å². The van der Waals surface area contributed by atoms with Crippen molar-refractivity contribution in [1.82, 2.24) is 4.90 Å². The first-order chi connectivity index (χ1) is 13.6. The lowest BCUT2D eigenvalue weighted by molar-refractivity contribution is 0.113. The Morgan fingerprint density at radius 3 is 2.61 bits per heavy atom. The Hall–Kier alpha value is -2.98. The molecule has 1 atom stereocenters. The molecule has 0 spiro atoms. The van der Waals surface area contributed by atoms with Gasteiger partial charge in [0.15, 0.2) is 0 Å². The molecule has 1 amide bonds. The van der Waals surface area contributed by atoms with Gasteiger partial charge in [0.05, 0.1) is 6.54 Å². The number of carbonyl (C=O) groups is 1. The molecule has 28 heavy (non-hydrogen) atoms. The molecule has 0 aromatic heterocycles. The Morgan fingerprint density at radius 1 is 1.07 bits per heavy atom. The van der Waals surface area contributed by atoms with Crippen LogP contribution in [0.1, 0.15) is 11.1 Å². The molecule has 1 heterocycles. The molecule has 4 nitrogen and oxygen atoms in total. The average molecular weight is 394 g/mol. The minimum atomic E-state index is -0.946. The molecule has 1 aliphatic heterocycles. The van der Waals surface area contributed by atoms with Crippen LogP contribution in [0.3, 0.4) is 0 Å². The predicted octanol–water partition coefficient (Wildman–Crippen LogP) is 5.49. The fourth-order valence-electron chi connectivity index (χ4n) is 3.58. The van der Waals surface area contributed by atoms with E-state index in [9.17, 15) is 9.90 Å². The summed E-state index contributed by atoms with van der Waals surface area (Å²) in [7, 11) is 0. The number of para-hydroxylation sites is 1. The molecular weight excluding hydrogens is 374 g/mol. The Kier molecular flexibility index (Phi) is 5.22. The summed E-state index contributed by atoms with van der Waals surface area (Å²) in [5, 5.41) is 10.3. The van der Waals surface area contributed by atoms with Crippen molar-refractivity contribution in [1.29, 1.82) is 0 Å². The van der Waals surface area contributed by atoms with Gasteiger partial charge in [0.2, 0.25) is 0 Å².